The van der Waals surface area contributed by atoms with E-state index in [1.807, 2.05) is 61.7 Å². The van der Waals surface area contributed by atoms with Crippen LogP contribution >= 0.6 is 35.0 Å². The number of hydrogen-bond donors (Lipinski definition) is 1. The number of rotatable bonds is 7. The van der Waals surface area contributed by atoms with Crippen molar-refractivity contribution < 1.29 is 4.79 Å². The third-order valence-corrected chi connectivity index (χ3v) is 6.15. The molecule has 0 aliphatic carbocycles. The number of aromatic nitrogens is 3. The van der Waals surface area contributed by atoms with Crippen molar-refractivity contribution in [3.63, 3.8) is 0 Å². The molecule has 2 atom stereocenters. The van der Waals surface area contributed by atoms with E-state index in [1.165, 1.54) is 11.8 Å². The fourth-order valence-corrected chi connectivity index (χ4v) is 4.43. The number of benzene rings is 2. The predicted octanol–water partition coefficient (Wildman–Crippen LogP) is 5.63. The van der Waals surface area contributed by atoms with E-state index in [9.17, 15) is 4.79 Å². The quantitative estimate of drug-likeness (QED) is 0.475. The van der Waals surface area contributed by atoms with Crippen LogP contribution in [0.15, 0.2) is 53.7 Å². The zero-order valence-electron chi connectivity index (χ0n) is 16.4. The SMILES string of the molecule is CCn1c(SC(C)C(=O)NC(C)c2ccc(Cl)cc2Cl)nnc1-c1ccccc1. The minimum Gasteiger partial charge on any atom is -0.349 e. The highest BCUT2D eigenvalue weighted by atomic mass is 35.5. The number of hydrogen-bond acceptors (Lipinski definition) is 4. The molecule has 2 unspecified atom stereocenters. The summed E-state index contributed by atoms with van der Waals surface area (Å²) in [6.45, 7) is 6.50. The largest absolute Gasteiger partial charge is 0.349 e. The smallest absolute Gasteiger partial charge is 0.233 e. The molecule has 1 amide bonds. The zero-order chi connectivity index (χ0) is 21.0. The summed E-state index contributed by atoms with van der Waals surface area (Å²) in [4.78, 5) is 12.7. The number of halogens is 2. The van der Waals surface area contributed by atoms with Gasteiger partial charge in [0, 0.05) is 22.2 Å². The molecule has 0 saturated carbocycles. The van der Waals surface area contributed by atoms with E-state index >= 15 is 0 Å². The van der Waals surface area contributed by atoms with Crippen LogP contribution in [0.4, 0.5) is 0 Å². The van der Waals surface area contributed by atoms with Crippen molar-refractivity contribution in [3.8, 4) is 11.4 Å². The molecule has 0 fully saturated rings. The van der Waals surface area contributed by atoms with Gasteiger partial charge in [-0.2, -0.15) is 0 Å². The monoisotopic (exact) mass is 448 g/mol. The number of carbonyl (C=O) groups excluding carboxylic acids is 1. The maximum Gasteiger partial charge on any atom is 0.233 e. The van der Waals surface area contributed by atoms with Crippen LogP contribution in [-0.4, -0.2) is 25.9 Å². The zero-order valence-corrected chi connectivity index (χ0v) is 18.7. The van der Waals surface area contributed by atoms with Crippen molar-refractivity contribution in [3.05, 3.63) is 64.1 Å². The van der Waals surface area contributed by atoms with E-state index in [1.54, 1.807) is 12.1 Å². The number of nitrogens with one attached hydrogen (secondary N) is 1. The summed E-state index contributed by atoms with van der Waals surface area (Å²) in [5.41, 5.74) is 1.82. The summed E-state index contributed by atoms with van der Waals surface area (Å²) in [5, 5.41) is 13.1. The Morgan fingerprint density at radius 1 is 1.14 bits per heavy atom. The molecule has 0 spiro atoms. The van der Waals surface area contributed by atoms with Gasteiger partial charge in [-0.3, -0.25) is 4.79 Å². The van der Waals surface area contributed by atoms with Crippen molar-refractivity contribution in [2.75, 3.05) is 0 Å². The molecule has 152 valence electrons. The second kappa shape index (κ2) is 9.65. The first kappa shape index (κ1) is 21.7. The Labute approximate surface area is 184 Å². The summed E-state index contributed by atoms with van der Waals surface area (Å²) in [6.07, 6.45) is 0. The van der Waals surface area contributed by atoms with Gasteiger partial charge >= 0.3 is 0 Å². The summed E-state index contributed by atoms with van der Waals surface area (Å²) >= 11 is 13.6. The predicted molar refractivity (Wildman–Crippen MR) is 119 cm³/mol. The first-order chi connectivity index (χ1) is 13.9. The summed E-state index contributed by atoms with van der Waals surface area (Å²) in [5.74, 6) is 0.699. The molecule has 1 heterocycles. The van der Waals surface area contributed by atoms with Gasteiger partial charge in [-0.15, -0.1) is 10.2 Å². The number of carbonyl (C=O) groups is 1. The van der Waals surface area contributed by atoms with E-state index in [0.717, 1.165) is 17.0 Å². The van der Waals surface area contributed by atoms with E-state index in [4.69, 9.17) is 23.2 Å². The molecule has 5 nitrogen and oxygen atoms in total. The van der Waals surface area contributed by atoms with Crippen LogP contribution in [-0.2, 0) is 11.3 Å². The molecule has 0 saturated heterocycles. The standard InChI is InChI=1S/C21H22Cl2N4OS/c1-4-27-19(15-8-6-5-7-9-15)25-26-21(27)29-14(3)20(28)24-13(2)17-11-10-16(22)12-18(17)23/h5-14H,4H2,1-3H3,(H,24,28). The van der Waals surface area contributed by atoms with Crippen molar-refractivity contribution in [2.24, 2.45) is 0 Å². The highest BCUT2D eigenvalue weighted by Crippen LogP contribution is 2.29. The van der Waals surface area contributed by atoms with Crippen molar-refractivity contribution >= 4 is 40.9 Å². The molecule has 0 aliphatic heterocycles. The molecular formula is C21H22Cl2N4OS. The lowest BCUT2D eigenvalue weighted by molar-refractivity contribution is -0.120. The lowest BCUT2D eigenvalue weighted by atomic mass is 10.1. The molecule has 2 aromatic carbocycles. The van der Waals surface area contributed by atoms with Crippen molar-refractivity contribution in [1.29, 1.82) is 0 Å². The highest BCUT2D eigenvalue weighted by Gasteiger charge is 2.22. The number of thioether (sulfide) groups is 1. The van der Waals surface area contributed by atoms with Gasteiger partial charge in [0.25, 0.3) is 0 Å². The van der Waals surface area contributed by atoms with Gasteiger partial charge < -0.3 is 9.88 Å². The molecular weight excluding hydrogens is 427 g/mol. The Hall–Kier alpha value is -2.02. The van der Waals surface area contributed by atoms with Crippen molar-refractivity contribution in [1.82, 2.24) is 20.1 Å². The van der Waals surface area contributed by atoms with Gasteiger partial charge in [0.15, 0.2) is 11.0 Å². The maximum absolute atomic E-state index is 12.7. The Morgan fingerprint density at radius 3 is 2.52 bits per heavy atom. The molecule has 3 aromatic rings. The molecule has 29 heavy (non-hydrogen) atoms. The van der Waals surface area contributed by atoms with Crippen LogP contribution in [0.3, 0.4) is 0 Å². The van der Waals surface area contributed by atoms with E-state index in [0.29, 0.717) is 21.7 Å². The van der Waals surface area contributed by atoms with Crippen molar-refractivity contribution in [2.45, 2.75) is 43.8 Å². The van der Waals surface area contributed by atoms with Gasteiger partial charge in [0.05, 0.1) is 11.3 Å². The summed E-state index contributed by atoms with van der Waals surface area (Å²) in [7, 11) is 0. The molecule has 3 rings (SSSR count). The number of nitrogens with zero attached hydrogens (tertiary/aromatic N) is 3. The molecule has 8 heteroatoms. The van der Waals surface area contributed by atoms with E-state index in [-0.39, 0.29) is 17.2 Å². The highest BCUT2D eigenvalue weighted by molar-refractivity contribution is 8.00. The fraction of sp³-hybridized carbons (Fsp3) is 0.286. The lowest BCUT2D eigenvalue weighted by Crippen LogP contribution is -2.33. The third kappa shape index (κ3) is 5.13. The third-order valence-electron chi connectivity index (χ3n) is 4.50. The average molecular weight is 449 g/mol. The molecule has 0 radical (unpaired) electrons. The minimum absolute atomic E-state index is 0.0968. The molecule has 1 N–H and O–H groups in total. The minimum atomic E-state index is -0.346. The van der Waals surface area contributed by atoms with Gasteiger partial charge in [-0.1, -0.05) is 71.4 Å². The Kier molecular flexibility index (Phi) is 7.22. The second-order valence-electron chi connectivity index (χ2n) is 6.57. The first-order valence-electron chi connectivity index (χ1n) is 9.31. The summed E-state index contributed by atoms with van der Waals surface area (Å²) in [6, 6.07) is 14.9. The molecule has 1 aromatic heterocycles. The Bertz CT molecular complexity index is 994. The van der Waals surface area contributed by atoms with Crippen LogP contribution < -0.4 is 5.32 Å². The van der Waals surface area contributed by atoms with Crippen LogP contribution in [0.2, 0.25) is 10.0 Å². The summed E-state index contributed by atoms with van der Waals surface area (Å²) < 4.78 is 2.02. The Balaban J connectivity index is 1.70. The van der Waals surface area contributed by atoms with Crippen LogP contribution in [0.1, 0.15) is 32.4 Å². The first-order valence-corrected chi connectivity index (χ1v) is 10.9. The van der Waals surface area contributed by atoms with Gasteiger partial charge in [0.1, 0.15) is 0 Å². The van der Waals surface area contributed by atoms with Gasteiger partial charge in [0.2, 0.25) is 5.91 Å². The molecule has 0 aliphatic rings. The van der Waals surface area contributed by atoms with Crippen LogP contribution in [0.25, 0.3) is 11.4 Å². The normalized spacial score (nSPS) is 13.1. The second-order valence-corrected chi connectivity index (χ2v) is 8.72. The Morgan fingerprint density at radius 2 is 1.86 bits per heavy atom. The topological polar surface area (TPSA) is 59.8 Å². The van der Waals surface area contributed by atoms with Crippen LogP contribution in [0.5, 0.6) is 0 Å². The van der Waals surface area contributed by atoms with E-state index < -0.39 is 0 Å². The average Bonchev–Trinajstić information content (AvgIpc) is 3.10. The van der Waals surface area contributed by atoms with E-state index in [2.05, 4.69) is 15.5 Å². The van der Waals surface area contributed by atoms with Crippen LogP contribution in [0, 0.1) is 0 Å². The van der Waals surface area contributed by atoms with Gasteiger partial charge in [-0.05, 0) is 38.5 Å². The lowest BCUT2D eigenvalue weighted by Gasteiger charge is -2.19. The fourth-order valence-electron chi connectivity index (χ4n) is 2.93. The molecule has 0 bridgehead atoms. The van der Waals surface area contributed by atoms with Gasteiger partial charge in [-0.25, -0.2) is 0 Å². The number of amides is 1. The maximum atomic E-state index is 12.7.